The second-order valence-electron chi connectivity index (χ2n) is 4.04. The van der Waals surface area contributed by atoms with E-state index in [2.05, 4.69) is 42.1 Å². The monoisotopic (exact) mass is 241 g/mol. The smallest absolute Gasteiger partial charge is 0.0641 e. The fourth-order valence-corrected chi connectivity index (χ4v) is 2.16. The average Bonchev–Trinajstić information content (AvgIpc) is 2.52. The molecule has 3 nitrogen and oxygen atoms in total. The van der Waals surface area contributed by atoms with Crippen molar-refractivity contribution in [1.82, 2.24) is 15.1 Å². The van der Waals surface area contributed by atoms with Crippen LogP contribution in [0.3, 0.4) is 0 Å². The zero-order valence-corrected chi connectivity index (χ0v) is 11.7. The quantitative estimate of drug-likeness (QED) is 0.743. The lowest BCUT2D eigenvalue weighted by atomic mass is 10.2. The Morgan fingerprint density at radius 2 is 2.12 bits per heavy atom. The van der Waals surface area contributed by atoms with Crippen LogP contribution >= 0.6 is 11.8 Å². The van der Waals surface area contributed by atoms with Crippen molar-refractivity contribution >= 4 is 11.8 Å². The third-order valence-electron chi connectivity index (χ3n) is 2.75. The Labute approximate surface area is 103 Å². The molecule has 92 valence electrons. The molecule has 0 aromatic carbocycles. The summed E-state index contributed by atoms with van der Waals surface area (Å²) in [5, 5.41) is 8.04. The molecule has 0 saturated carbocycles. The number of aryl methyl sites for hydroxylation is 2. The van der Waals surface area contributed by atoms with Gasteiger partial charge in [0.2, 0.25) is 0 Å². The maximum absolute atomic E-state index is 4.57. The van der Waals surface area contributed by atoms with Crippen LogP contribution in [-0.4, -0.2) is 28.3 Å². The molecule has 1 rings (SSSR count). The minimum Gasteiger partial charge on any atom is -0.312 e. The van der Waals surface area contributed by atoms with Crippen molar-refractivity contribution in [3.63, 3.8) is 0 Å². The minimum atomic E-state index is 0.946. The van der Waals surface area contributed by atoms with E-state index < -0.39 is 0 Å². The van der Waals surface area contributed by atoms with Crippen LogP contribution in [0, 0.1) is 13.8 Å². The van der Waals surface area contributed by atoms with Crippen LogP contribution in [-0.2, 0) is 13.1 Å². The summed E-state index contributed by atoms with van der Waals surface area (Å²) < 4.78 is 2.13. The number of nitrogens with zero attached hydrogens (tertiary/aromatic N) is 2. The van der Waals surface area contributed by atoms with Crippen molar-refractivity contribution < 1.29 is 0 Å². The van der Waals surface area contributed by atoms with Gasteiger partial charge in [-0.1, -0.05) is 6.92 Å². The predicted octanol–water partition coefficient (Wildman–Crippen LogP) is 2.36. The van der Waals surface area contributed by atoms with Gasteiger partial charge in [-0.05, 0) is 26.5 Å². The second-order valence-corrected chi connectivity index (χ2v) is 5.03. The third-order valence-corrected chi connectivity index (χ3v) is 3.36. The highest BCUT2D eigenvalue weighted by Crippen LogP contribution is 2.13. The fraction of sp³-hybridized carbons (Fsp3) is 0.750. The van der Waals surface area contributed by atoms with Crippen LogP contribution in [0.15, 0.2) is 0 Å². The predicted molar refractivity (Wildman–Crippen MR) is 72.1 cm³/mol. The van der Waals surface area contributed by atoms with E-state index in [4.69, 9.17) is 0 Å². The fourth-order valence-electron chi connectivity index (χ4n) is 1.81. The molecule has 0 atom stereocenters. The molecule has 16 heavy (non-hydrogen) atoms. The maximum Gasteiger partial charge on any atom is 0.0641 e. The summed E-state index contributed by atoms with van der Waals surface area (Å²) in [7, 11) is 0. The minimum absolute atomic E-state index is 0.946. The molecule has 0 fully saturated rings. The lowest BCUT2D eigenvalue weighted by Crippen LogP contribution is -2.17. The van der Waals surface area contributed by atoms with Crippen molar-refractivity contribution in [3.05, 3.63) is 17.0 Å². The normalized spacial score (nSPS) is 11.0. The van der Waals surface area contributed by atoms with Crippen molar-refractivity contribution in [2.24, 2.45) is 0 Å². The summed E-state index contributed by atoms with van der Waals surface area (Å²) in [5.74, 6) is 1.17. The van der Waals surface area contributed by atoms with Crippen LogP contribution in [0.1, 0.15) is 30.3 Å². The maximum atomic E-state index is 4.57. The number of aromatic nitrogens is 2. The molecule has 1 N–H and O–H groups in total. The first-order valence-corrected chi connectivity index (χ1v) is 7.32. The topological polar surface area (TPSA) is 29.9 Å². The Kier molecular flexibility index (Phi) is 5.91. The van der Waals surface area contributed by atoms with E-state index in [1.807, 2.05) is 11.8 Å². The van der Waals surface area contributed by atoms with Gasteiger partial charge in [0.25, 0.3) is 0 Å². The molecule has 0 aliphatic carbocycles. The van der Waals surface area contributed by atoms with Crippen LogP contribution in [0.5, 0.6) is 0 Å². The van der Waals surface area contributed by atoms with Gasteiger partial charge in [-0.2, -0.15) is 16.9 Å². The number of rotatable bonds is 7. The second kappa shape index (κ2) is 6.97. The molecule has 1 aromatic heterocycles. The van der Waals surface area contributed by atoms with Gasteiger partial charge in [0.05, 0.1) is 5.69 Å². The van der Waals surface area contributed by atoms with Gasteiger partial charge in [-0.3, -0.25) is 4.68 Å². The lowest BCUT2D eigenvalue weighted by Gasteiger charge is -2.05. The van der Waals surface area contributed by atoms with E-state index in [0.29, 0.717) is 0 Å². The molecule has 0 aliphatic heterocycles. The van der Waals surface area contributed by atoms with Crippen molar-refractivity contribution in [1.29, 1.82) is 0 Å². The first-order valence-electron chi connectivity index (χ1n) is 5.93. The number of hydrogen-bond acceptors (Lipinski definition) is 3. The van der Waals surface area contributed by atoms with E-state index >= 15 is 0 Å². The first-order chi connectivity index (χ1) is 7.70. The van der Waals surface area contributed by atoms with E-state index in [0.717, 1.165) is 26.1 Å². The summed E-state index contributed by atoms with van der Waals surface area (Å²) in [6, 6.07) is 0. The highest BCUT2D eigenvalue weighted by Gasteiger charge is 2.09. The molecule has 0 saturated heterocycles. The van der Waals surface area contributed by atoms with Crippen LogP contribution in [0.25, 0.3) is 0 Å². The average molecular weight is 241 g/mol. The summed E-state index contributed by atoms with van der Waals surface area (Å²) in [6.07, 6.45) is 3.28. The molecule has 0 bridgehead atoms. The van der Waals surface area contributed by atoms with Crippen LogP contribution in [0.2, 0.25) is 0 Å². The van der Waals surface area contributed by atoms with Gasteiger partial charge >= 0.3 is 0 Å². The molecule has 0 aliphatic rings. The van der Waals surface area contributed by atoms with Gasteiger partial charge in [0.1, 0.15) is 0 Å². The van der Waals surface area contributed by atoms with Crippen molar-refractivity contribution in [2.45, 2.75) is 40.3 Å². The van der Waals surface area contributed by atoms with E-state index in [1.165, 1.54) is 22.7 Å². The molecule has 0 unspecified atom stereocenters. The van der Waals surface area contributed by atoms with Crippen LogP contribution < -0.4 is 5.32 Å². The third kappa shape index (κ3) is 3.52. The van der Waals surface area contributed by atoms with Crippen molar-refractivity contribution in [2.75, 3.05) is 18.6 Å². The molecular weight excluding hydrogens is 218 g/mol. The number of hydrogen-bond donors (Lipinski definition) is 1. The molecule has 0 amide bonds. The number of nitrogens with one attached hydrogen (secondary N) is 1. The standard InChI is InChI=1S/C12H23N3S/c1-5-7-15-11(3)12(10(2)14-15)9-13-6-8-16-4/h13H,5-9H2,1-4H3. The molecule has 4 heteroatoms. The molecular formula is C12H23N3S. The number of thioether (sulfide) groups is 1. The van der Waals surface area contributed by atoms with Gasteiger partial charge in [0, 0.05) is 36.6 Å². The largest absolute Gasteiger partial charge is 0.312 e. The summed E-state index contributed by atoms with van der Waals surface area (Å²) in [6.45, 7) is 9.50. The summed E-state index contributed by atoms with van der Waals surface area (Å²) >= 11 is 1.88. The molecule has 0 radical (unpaired) electrons. The zero-order valence-electron chi connectivity index (χ0n) is 10.8. The summed E-state index contributed by atoms with van der Waals surface area (Å²) in [5.41, 5.74) is 3.85. The Hall–Kier alpha value is -0.480. The van der Waals surface area contributed by atoms with Gasteiger partial charge in [-0.25, -0.2) is 0 Å². The highest BCUT2D eigenvalue weighted by molar-refractivity contribution is 7.98. The van der Waals surface area contributed by atoms with Crippen LogP contribution in [0.4, 0.5) is 0 Å². The van der Waals surface area contributed by atoms with E-state index in [1.54, 1.807) is 0 Å². The first kappa shape index (κ1) is 13.6. The lowest BCUT2D eigenvalue weighted by molar-refractivity contribution is 0.582. The molecule has 1 heterocycles. The van der Waals surface area contributed by atoms with E-state index in [-0.39, 0.29) is 0 Å². The molecule has 0 spiro atoms. The van der Waals surface area contributed by atoms with Gasteiger partial charge in [0.15, 0.2) is 0 Å². The van der Waals surface area contributed by atoms with Gasteiger partial charge < -0.3 is 5.32 Å². The SMILES string of the molecule is CCCn1nc(C)c(CNCCSC)c1C. The molecule has 1 aromatic rings. The van der Waals surface area contributed by atoms with Gasteiger partial charge in [-0.15, -0.1) is 0 Å². The van der Waals surface area contributed by atoms with Crippen molar-refractivity contribution in [3.8, 4) is 0 Å². The Morgan fingerprint density at radius 1 is 1.38 bits per heavy atom. The summed E-state index contributed by atoms with van der Waals surface area (Å²) in [4.78, 5) is 0. The highest BCUT2D eigenvalue weighted by atomic mass is 32.2. The Morgan fingerprint density at radius 3 is 2.75 bits per heavy atom. The Balaban J connectivity index is 2.57. The Bertz CT molecular complexity index is 320. The van der Waals surface area contributed by atoms with E-state index in [9.17, 15) is 0 Å². The zero-order chi connectivity index (χ0) is 12.0.